The minimum atomic E-state index is -0.346. The zero-order chi connectivity index (χ0) is 19.8. The normalized spacial score (nSPS) is 12.9. The molecule has 2 aromatic heterocycles. The average Bonchev–Trinajstić information content (AvgIpc) is 3.14. The molecule has 0 radical (unpaired) electrons. The molecule has 3 heterocycles. The van der Waals surface area contributed by atoms with Crippen LogP contribution in [0.5, 0.6) is 0 Å². The van der Waals surface area contributed by atoms with Crippen molar-refractivity contribution in [3.8, 4) is 0 Å². The van der Waals surface area contributed by atoms with Crippen molar-refractivity contribution in [2.24, 2.45) is 0 Å². The molecule has 0 unspecified atom stereocenters. The molecule has 0 spiro atoms. The standard InChI is InChI=1S/C20H21N5O3.ClH/c1-3-24-17-8-9-21-10-15(17)20(28)25-19(24)16(11-22-25)18(27)23-14-6-4-13(5-7-14)12(2)26;/h4-7,11,21H,3,8-10H2,1-2H3,(H,23,27);1H. The van der Waals surface area contributed by atoms with Crippen LogP contribution in [0.4, 0.5) is 5.69 Å². The highest BCUT2D eigenvalue weighted by Crippen LogP contribution is 2.19. The van der Waals surface area contributed by atoms with E-state index in [1.54, 1.807) is 24.3 Å². The summed E-state index contributed by atoms with van der Waals surface area (Å²) in [6, 6.07) is 6.69. The number of halogens is 1. The van der Waals surface area contributed by atoms with E-state index in [4.69, 9.17) is 0 Å². The van der Waals surface area contributed by atoms with Gasteiger partial charge in [0.25, 0.3) is 11.5 Å². The van der Waals surface area contributed by atoms with E-state index < -0.39 is 0 Å². The summed E-state index contributed by atoms with van der Waals surface area (Å²) in [6.45, 7) is 5.41. The van der Waals surface area contributed by atoms with Crippen molar-refractivity contribution >= 4 is 35.4 Å². The molecule has 0 bridgehead atoms. The highest BCUT2D eigenvalue weighted by molar-refractivity contribution is 6.08. The summed E-state index contributed by atoms with van der Waals surface area (Å²) in [5.74, 6) is -0.382. The average molecular weight is 416 g/mol. The summed E-state index contributed by atoms with van der Waals surface area (Å²) < 4.78 is 3.31. The lowest BCUT2D eigenvalue weighted by Crippen LogP contribution is -2.36. The summed E-state index contributed by atoms with van der Waals surface area (Å²) in [6.07, 6.45) is 2.16. The van der Waals surface area contributed by atoms with Crippen LogP contribution in [0, 0.1) is 0 Å². The largest absolute Gasteiger partial charge is 0.329 e. The number of Topliss-reactive ketones (excluding diaryl/α,β-unsaturated/α-hetero) is 1. The highest BCUT2D eigenvalue weighted by Gasteiger charge is 2.24. The number of nitrogens with zero attached hydrogens (tertiary/aromatic N) is 3. The van der Waals surface area contributed by atoms with E-state index in [2.05, 4.69) is 15.7 Å². The molecule has 0 saturated heterocycles. The van der Waals surface area contributed by atoms with Crippen LogP contribution in [0.15, 0.2) is 35.3 Å². The number of aryl methyl sites for hydroxylation is 1. The summed E-state index contributed by atoms with van der Waals surface area (Å²) in [5, 5.41) is 10.2. The van der Waals surface area contributed by atoms with Gasteiger partial charge in [0, 0.05) is 43.0 Å². The van der Waals surface area contributed by atoms with Gasteiger partial charge in [-0.15, -0.1) is 12.4 Å². The summed E-state index contributed by atoms with van der Waals surface area (Å²) in [5.41, 5.74) is 3.47. The van der Waals surface area contributed by atoms with Gasteiger partial charge >= 0.3 is 0 Å². The van der Waals surface area contributed by atoms with Crippen LogP contribution < -0.4 is 16.2 Å². The number of anilines is 1. The molecule has 1 aromatic carbocycles. The SMILES string of the molecule is CCn1c2c(c(=O)n3ncc(C(=O)Nc4ccc(C(C)=O)cc4)c13)CNCC2.Cl. The van der Waals surface area contributed by atoms with Crippen molar-refractivity contribution in [1.29, 1.82) is 0 Å². The van der Waals surface area contributed by atoms with Crippen LogP contribution >= 0.6 is 12.4 Å². The van der Waals surface area contributed by atoms with Gasteiger partial charge in [-0.05, 0) is 38.1 Å². The molecule has 1 aliphatic heterocycles. The molecule has 0 saturated carbocycles. The van der Waals surface area contributed by atoms with Crippen molar-refractivity contribution in [2.45, 2.75) is 33.4 Å². The molecule has 152 valence electrons. The summed E-state index contributed by atoms with van der Waals surface area (Å²) >= 11 is 0. The van der Waals surface area contributed by atoms with Crippen LogP contribution in [0.2, 0.25) is 0 Å². The third-order valence-electron chi connectivity index (χ3n) is 5.07. The number of fused-ring (bicyclic) bond motifs is 2. The Hall–Kier alpha value is -2.97. The molecule has 0 aliphatic carbocycles. The number of hydrogen-bond acceptors (Lipinski definition) is 5. The van der Waals surface area contributed by atoms with E-state index in [1.807, 2.05) is 11.5 Å². The van der Waals surface area contributed by atoms with Crippen LogP contribution in [-0.2, 0) is 19.5 Å². The molecule has 9 heteroatoms. The summed E-state index contributed by atoms with van der Waals surface area (Å²) in [7, 11) is 0. The van der Waals surface area contributed by atoms with Crippen LogP contribution in [0.25, 0.3) is 5.65 Å². The Bertz CT molecular complexity index is 1150. The minimum absolute atomic E-state index is 0. The molecule has 8 nitrogen and oxygen atoms in total. The van der Waals surface area contributed by atoms with E-state index in [9.17, 15) is 14.4 Å². The van der Waals surface area contributed by atoms with Gasteiger partial charge in [-0.25, -0.2) is 0 Å². The number of rotatable bonds is 4. The Balaban J connectivity index is 0.00000240. The molecule has 1 aliphatic rings. The van der Waals surface area contributed by atoms with Crippen molar-refractivity contribution in [2.75, 3.05) is 11.9 Å². The van der Waals surface area contributed by atoms with E-state index in [0.29, 0.717) is 41.1 Å². The number of nitrogens with one attached hydrogen (secondary N) is 2. The molecular weight excluding hydrogens is 394 g/mol. The zero-order valence-electron chi connectivity index (χ0n) is 16.2. The van der Waals surface area contributed by atoms with Gasteiger partial charge in [0.05, 0.1) is 11.8 Å². The quantitative estimate of drug-likeness (QED) is 0.635. The third-order valence-corrected chi connectivity index (χ3v) is 5.07. The highest BCUT2D eigenvalue weighted by atomic mass is 35.5. The second-order valence-corrected chi connectivity index (χ2v) is 6.78. The maximum absolute atomic E-state index is 12.9. The Morgan fingerprint density at radius 1 is 1.24 bits per heavy atom. The van der Waals surface area contributed by atoms with Crippen LogP contribution in [-0.4, -0.2) is 32.4 Å². The first-order chi connectivity index (χ1) is 13.5. The lowest BCUT2D eigenvalue weighted by atomic mass is 10.1. The van der Waals surface area contributed by atoms with Gasteiger partial charge in [0.15, 0.2) is 11.4 Å². The number of carbonyl (C=O) groups excluding carboxylic acids is 2. The Morgan fingerprint density at radius 3 is 2.62 bits per heavy atom. The lowest BCUT2D eigenvalue weighted by molar-refractivity contribution is 0.101. The summed E-state index contributed by atoms with van der Waals surface area (Å²) in [4.78, 5) is 37.1. The molecule has 29 heavy (non-hydrogen) atoms. The molecule has 1 amide bonds. The van der Waals surface area contributed by atoms with Crippen molar-refractivity contribution in [1.82, 2.24) is 19.5 Å². The second-order valence-electron chi connectivity index (χ2n) is 6.78. The molecule has 2 N–H and O–H groups in total. The first-order valence-electron chi connectivity index (χ1n) is 9.26. The first-order valence-corrected chi connectivity index (χ1v) is 9.26. The number of hydrogen-bond donors (Lipinski definition) is 2. The topological polar surface area (TPSA) is 97.5 Å². The molecule has 0 atom stereocenters. The molecular formula is C20H22ClN5O3. The smallest absolute Gasteiger partial charge is 0.279 e. The van der Waals surface area contributed by atoms with Crippen molar-refractivity contribution in [3.05, 3.63) is 63.2 Å². The van der Waals surface area contributed by atoms with E-state index in [-0.39, 0.29) is 29.7 Å². The predicted octanol–water partition coefficient (Wildman–Crippen LogP) is 2.04. The first kappa shape index (κ1) is 20.8. The third kappa shape index (κ3) is 3.56. The van der Waals surface area contributed by atoms with E-state index in [1.165, 1.54) is 17.6 Å². The fourth-order valence-corrected chi connectivity index (χ4v) is 3.66. The van der Waals surface area contributed by atoms with Crippen molar-refractivity contribution < 1.29 is 9.59 Å². The van der Waals surface area contributed by atoms with Gasteiger partial charge in [-0.2, -0.15) is 9.61 Å². The monoisotopic (exact) mass is 415 g/mol. The fraction of sp³-hybridized carbons (Fsp3) is 0.300. The number of aromatic nitrogens is 3. The maximum atomic E-state index is 12.9. The second kappa shape index (κ2) is 8.18. The minimum Gasteiger partial charge on any atom is -0.329 e. The lowest BCUT2D eigenvalue weighted by Gasteiger charge is -2.22. The predicted molar refractivity (Wildman–Crippen MR) is 112 cm³/mol. The van der Waals surface area contributed by atoms with E-state index in [0.717, 1.165) is 18.7 Å². The molecule has 0 fully saturated rings. The van der Waals surface area contributed by atoms with Gasteiger partial charge in [0.2, 0.25) is 0 Å². The molecule has 4 rings (SSSR count). The maximum Gasteiger partial charge on any atom is 0.279 e. The van der Waals surface area contributed by atoms with E-state index >= 15 is 0 Å². The Kier molecular flexibility index (Phi) is 5.86. The van der Waals surface area contributed by atoms with Crippen LogP contribution in [0.1, 0.15) is 45.8 Å². The Morgan fingerprint density at radius 2 is 1.97 bits per heavy atom. The van der Waals surface area contributed by atoms with Gasteiger partial charge in [0.1, 0.15) is 5.56 Å². The molecule has 3 aromatic rings. The number of carbonyl (C=O) groups is 2. The number of amides is 1. The Labute approximate surface area is 173 Å². The fourth-order valence-electron chi connectivity index (χ4n) is 3.66. The van der Waals surface area contributed by atoms with Crippen LogP contribution in [0.3, 0.4) is 0 Å². The zero-order valence-corrected chi connectivity index (χ0v) is 17.0. The number of ketones is 1. The van der Waals surface area contributed by atoms with Crippen molar-refractivity contribution in [3.63, 3.8) is 0 Å². The van der Waals surface area contributed by atoms with Gasteiger partial charge in [-0.3, -0.25) is 14.4 Å². The van der Waals surface area contributed by atoms with Gasteiger partial charge in [-0.1, -0.05) is 0 Å². The number of benzene rings is 1. The van der Waals surface area contributed by atoms with Gasteiger partial charge < -0.3 is 15.2 Å².